The number of aromatic amines is 1. The Morgan fingerprint density at radius 2 is 2.35 bits per heavy atom. The maximum Gasteiger partial charge on any atom is 0.352 e. The fourth-order valence-corrected chi connectivity index (χ4v) is 2.53. The molecule has 1 aromatic heterocycles. The number of sulfonamides is 1. The molecule has 0 saturated heterocycles. The Labute approximate surface area is 99.4 Å². The predicted molar refractivity (Wildman–Crippen MR) is 62.3 cm³/mol. The zero-order valence-electron chi connectivity index (χ0n) is 9.30. The topological polar surface area (TPSA) is 99.3 Å². The van der Waals surface area contributed by atoms with E-state index in [1.54, 1.807) is 13.0 Å². The maximum atomic E-state index is 11.8. The first-order valence-corrected chi connectivity index (χ1v) is 6.40. The number of aromatic carboxylic acids is 1. The number of carboxylic acids is 1. The summed E-state index contributed by atoms with van der Waals surface area (Å²) in [7, 11) is -3.69. The van der Waals surface area contributed by atoms with Gasteiger partial charge in [0, 0.05) is 12.2 Å². The molecule has 0 aliphatic heterocycles. The van der Waals surface area contributed by atoms with Gasteiger partial charge < -0.3 is 10.1 Å². The molecule has 1 unspecified atom stereocenters. The highest BCUT2D eigenvalue weighted by Crippen LogP contribution is 2.11. The first kappa shape index (κ1) is 13.5. The van der Waals surface area contributed by atoms with Gasteiger partial charge in [0.15, 0.2) is 0 Å². The lowest BCUT2D eigenvalue weighted by Gasteiger charge is -2.10. The van der Waals surface area contributed by atoms with Crippen LogP contribution in [-0.2, 0) is 10.0 Å². The standard InChI is InChI=1S/C10H14N2O4S/c1-3-4-7(2)12-17(15,16)8-5-9(10(13)14)11-6-8/h3,5-7,11-12H,1,4H2,2H3,(H,13,14). The van der Waals surface area contributed by atoms with Gasteiger partial charge in [-0.15, -0.1) is 6.58 Å². The molecule has 6 nitrogen and oxygen atoms in total. The summed E-state index contributed by atoms with van der Waals surface area (Å²) in [4.78, 5) is 12.9. The largest absolute Gasteiger partial charge is 0.477 e. The van der Waals surface area contributed by atoms with Crippen molar-refractivity contribution in [2.75, 3.05) is 0 Å². The first-order valence-electron chi connectivity index (χ1n) is 4.91. The third-order valence-corrected chi connectivity index (χ3v) is 3.64. The van der Waals surface area contributed by atoms with Gasteiger partial charge in [-0.2, -0.15) is 0 Å². The third kappa shape index (κ3) is 3.43. The van der Waals surface area contributed by atoms with E-state index in [4.69, 9.17) is 5.11 Å². The van der Waals surface area contributed by atoms with E-state index in [9.17, 15) is 13.2 Å². The summed E-state index contributed by atoms with van der Waals surface area (Å²) in [5.41, 5.74) is -0.165. The normalized spacial score (nSPS) is 13.2. The molecule has 1 rings (SSSR count). The van der Waals surface area contributed by atoms with Crippen molar-refractivity contribution in [3.05, 3.63) is 30.6 Å². The molecule has 7 heteroatoms. The van der Waals surface area contributed by atoms with Crippen molar-refractivity contribution in [2.24, 2.45) is 0 Å². The summed E-state index contributed by atoms with van der Waals surface area (Å²) in [6, 6.07) is 0.784. The predicted octanol–water partition coefficient (Wildman–Crippen LogP) is 0.956. The number of hydrogen-bond donors (Lipinski definition) is 3. The van der Waals surface area contributed by atoms with E-state index in [1.165, 1.54) is 0 Å². The van der Waals surface area contributed by atoms with Gasteiger partial charge in [0.1, 0.15) is 10.6 Å². The van der Waals surface area contributed by atoms with Crippen molar-refractivity contribution in [3.8, 4) is 0 Å². The quantitative estimate of drug-likeness (QED) is 0.661. The van der Waals surface area contributed by atoms with Gasteiger partial charge in [0.25, 0.3) is 0 Å². The summed E-state index contributed by atoms with van der Waals surface area (Å²) < 4.78 is 26.0. The highest BCUT2D eigenvalue weighted by atomic mass is 32.2. The number of aromatic nitrogens is 1. The molecule has 1 heterocycles. The molecule has 0 saturated carbocycles. The average Bonchev–Trinajstić information content (AvgIpc) is 2.65. The van der Waals surface area contributed by atoms with Crippen LogP contribution in [0.3, 0.4) is 0 Å². The molecule has 0 aliphatic rings. The minimum Gasteiger partial charge on any atom is -0.477 e. The lowest BCUT2D eigenvalue weighted by Crippen LogP contribution is -2.31. The van der Waals surface area contributed by atoms with E-state index in [0.29, 0.717) is 6.42 Å². The zero-order chi connectivity index (χ0) is 13.1. The second-order valence-electron chi connectivity index (χ2n) is 3.60. The van der Waals surface area contributed by atoms with Crippen LogP contribution < -0.4 is 4.72 Å². The molecule has 1 aromatic rings. The zero-order valence-corrected chi connectivity index (χ0v) is 10.1. The Kier molecular flexibility index (Phi) is 4.08. The first-order chi connectivity index (χ1) is 7.86. The van der Waals surface area contributed by atoms with E-state index in [2.05, 4.69) is 16.3 Å². The van der Waals surface area contributed by atoms with Gasteiger partial charge in [-0.25, -0.2) is 17.9 Å². The lowest BCUT2D eigenvalue weighted by atomic mass is 10.3. The smallest absolute Gasteiger partial charge is 0.352 e. The van der Waals surface area contributed by atoms with Crippen LogP contribution in [0.5, 0.6) is 0 Å². The number of carbonyl (C=O) groups is 1. The van der Waals surface area contributed by atoms with Crippen molar-refractivity contribution < 1.29 is 18.3 Å². The molecule has 0 aromatic carbocycles. The van der Waals surface area contributed by atoms with E-state index < -0.39 is 16.0 Å². The molecule has 17 heavy (non-hydrogen) atoms. The maximum absolute atomic E-state index is 11.8. The molecule has 0 aliphatic carbocycles. The molecule has 94 valence electrons. The van der Waals surface area contributed by atoms with Gasteiger partial charge in [0.05, 0.1) is 0 Å². The molecule has 1 atom stereocenters. The lowest BCUT2D eigenvalue weighted by molar-refractivity contribution is 0.0691. The number of nitrogens with one attached hydrogen (secondary N) is 2. The Morgan fingerprint density at radius 3 is 2.82 bits per heavy atom. The minimum absolute atomic E-state index is 0.0918. The Morgan fingerprint density at radius 1 is 1.71 bits per heavy atom. The fraction of sp³-hybridized carbons (Fsp3) is 0.300. The van der Waals surface area contributed by atoms with E-state index >= 15 is 0 Å². The van der Waals surface area contributed by atoms with E-state index in [1.807, 2.05) is 0 Å². The summed E-state index contributed by atoms with van der Waals surface area (Å²) >= 11 is 0. The second kappa shape index (κ2) is 5.15. The van der Waals surface area contributed by atoms with E-state index in [-0.39, 0.29) is 16.6 Å². The monoisotopic (exact) mass is 258 g/mol. The number of rotatable bonds is 6. The van der Waals surface area contributed by atoms with Gasteiger partial charge in [-0.3, -0.25) is 0 Å². The summed E-state index contributed by atoms with van der Waals surface area (Å²) in [5.74, 6) is -1.20. The Balaban J connectivity index is 2.89. The van der Waals surface area contributed by atoms with Crippen LogP contribution in [0.1, 0.15) is 23.8 Å². The number of H-pyrrole nitrogens is 1. The number of hydrogen-bond acceptors (Lipinski definition) is 3. The van der Waals surface area contributed by atoms with Gasteiger partial charge in [-0.1, -0.05) is 6.08 Å². The summed E-state index contributed by atoms with van der Waals surface area (Å²) in [6.45, 7) is 5.21. The minimum atomic E-state index is -3.69. The summed E-state index contributed by atoms with van der Waals surface area (Å²) in [6.07, 6.45) is 3.24. The Hall–Kier alpha value is -1.60. The van der Waals surface area contributed by atoms with Crippen LogP contribution in [-0.4, -0.2) is 30.5 Å². The Bertz CT molecular complexity index is 518. The molecular formula is C10H14N2O4S. The van der Waals surface area contributed by atoms with Gasteiger partial charge in [0.2, 0.25) is 10.0 Å². The van der Waals surface area contributed by atoms with Crippen LogP contribution >= 0.6 is 0 Å². The highest BCUT2D eigenvalue weighted by Gasteiger charge is 2.19. The molecule has 0 fully saturated rings. The van der Waals surface area contributed by atoms with Crippen LogP contribution in [0.15, 0.2) is 29.8 Å². The van der Waals surface area contributed by atoms with Crippen molar-refractivity contribution >= 4 is 16.0 Å². The van der Waals surface area contributed by atoms with Crippen molar-refractivity contribution in [2.45, 2.75) is 24.3 Å². The molecule has 0 bridgehead atoms. The van der Waals surface area contributed by atoms with Crippen molar-refractivity contribution in [1.82, 2.24) is 9.71 Å². The number of carboxylic acid groups (broad SMARTS) is 1. The van der Waals surface area contributed by atoms with Crippen molar-refractivity contribution in [1.29, 1.82) is 0 Å². The molecule has 0 amide bonds. The summed E-state index contributed by atoms with van der Waals surface area (Å²) in [5, 5.41) is 8.67. The van der Waals surface area contributed by atoms with Crippen molar-refractivity contribution in [3.63, 3.8) is 0 Å². The van der Waals surface area contributed by atoms with Gasteiger partial charge in [-0.05, 0) is 19.4 Å². The molecular weight excluding hydrogens is 244 g/mol. The van der Waals surface area contributed by atoms with Crippen LogP contribution in [0.25, 0.3) is 0 Å². The van der Waals surface area contributed by atoms with Gasteiger partial charge >= 0.3 is 5.97 Å². The highest BCUT2D eigenvalue weighted by molar-refractivity contribution is 7.89. The molecule has 3 N–H and O–H groups in total. The molecule has 0 spiro atoms. The molecule has 0 radical (unpaired) electrons. The third-order valence-electron chi connectivity index (χ3n) is 2.07. The van der Waals surface area contributed by atoms with Crippen LogP contribution in [0.2, 0.25) is 0 Å². The SMILES string of the molecule is C=CCC(C)NS(=O)(=O)c1c[nH]c(C(=O)O)c1. The van der Waals surface area contributed by atoms with Crippen LogP contribution in [0, 0.1) is 0 Å². The second-order valence-corrected chi connectivity index (χ2v) is 5.31. The average molecular weight is 258 g/mol. The van der Waals surface area contributed by atoms with Crippen LogP contribution in [0.4, 0.5) is 0 Å². The van der Waals surface area contributed by atoms with E-state index in [0.717, 1.165) is 12.3 Å². The fourth-order valence-electron chi connectivity index (χ4n) is 1.28.